The zero-order chi connectivity index (χ0) is 30.7. The lowest BCUT2D eigenvalue weighted by Gasteiger charge is -2.41. The molecule has 1 aliphatic carbocycles. The summed E-state index contributed by atoms with van der Waals surface area (Å²) in [5.74, 6) is 0.228. The maximum absolute atomic E-state index is 14.5. The summed E-state index contributed by atoms with van der Waals surface area (Å²) in [4.78, 5) is 42.3. The molecule has 2 atom stereocenters. The van der Waals surface area contributed by atoms with Gasteiger partial charge < -0.3 is 20.1 Å². The molecule has 5 rings (SSSR count). The molecule has 0 spiro atoms. The number of carboxylic acid groups (broad SMARTS) is 1. The van der Waals surface area contributed by atoms with Crippen LogP contribution in [0.25, 0.3) is 11.1 Å². The van der Waals surface area contributed by atoms with Gasteiger partial charge in [0.1, 0.15) is 11.6 Å². The topological polar surface area (TPSA) is 99.2 Å². The highest BCUT2D eigenvalue weighted by molar-refractivity contribution is 8.00. The van der Waals surface area contributed by atoms with E-state index in [4.69, 9.17) is 16.3 Å². The van der Waals surface area contributed by atoms with Crippen LogP contribution in [0.2, 0.25) is 5.02 Å². The minimum absolute atomic E-state index is 0.0233. The number of halogens is 1. The van der Waals surface area contributed by atoms with Gasteiger partial charge in [-0.1, -0.05) is 72.3 Å². The molecular weight excluding hydrogens is 586 g/mol. The van der Waals surface area contributed by atoms with Crippen LogP contribution in [0, 0.1) is 0 Å². The molecule has 2 unspecified atom stereocenters. The zero-order valence-corrected chi connectivity index (χ0v) is 26.0. The number of benzene rings is 3. The van der Waals surface area contributed by atoms with Gasteiger partial charge >= 0.3 is 12.2 Å². The summed E-state index contributed by atoms with van der Waals surface area (Å²) in [7, 11) is 0. The third kappa shape index (κ3) is 7.11. The van der Waals surface area contributed by atoms with Crippen LogP contribution in [-0.4, -0.2) is 68.9 Å². The molecule has 1 saturated heterocycles. The van der Waals surface area contributed by atoms with Crippen molar-refractivity contribution in [2.75, 3.05) is 19.0 Å². The molecule has 10 heteroatoms. The smallest absolute Gasteiger partial charge is 0.409 e. The first-order valence-corrected chi connectivity index (χ1v) is 15.7. The fraction of sp³-hybridized carbons (Fsp3) is 0.364. The van der Waals surface area contributed by atoms with E-state index in [0.29, 0.717) is 17.2 Å². The van der Waals surface area contributed by atoms with Crippen molar-refractivity contribution in [1.82, 2.24) is 15.1 Å². The van der Waals surface area contributed by atoms with Crippen molar-refractivity contribution in [3.8, 4) is 11.1 Å². The molecule has 3 aromatic carbocycles. The van der Waals surface area contributed by atoms with Gasteiger partial charge in [-0.05, 0) is 67.1 Å². The first-order valence-electron chi connectivity index (χ1n) is 14.3. The quantitative estimate of drug-likeness (QED) is 0.281. The van der Waals surface area contributed by atoms with Crippen molar-refractivity contribution < 1.29 is 24.2 Å². The van der Waals surface area contributed by atoms with Gasteiger partial charge in [0.25, 0.3) is 0 Å². The van der Waals surface area contributed by atoms with Gasteiger partial charge in [-0.15, -0.1) is 0 Å². The van der Waals surface area contributed by atoms with Crippen LogP contribution in [-0.2, 0) is 16.1 Å². The molecule has 43 heavy (non-hydrogen) atoms. The number of fused-ring (bicyclic) bond motifs is 3. The highest BCUT2D eigenvalue weighted by Gasteiger charge is 2.44. The SMILES string of the molecule is CC(C)(C)OC(=O)NCN(Cc1cccc(Cl)c1)C(=O)C1C(CC2c3ccccc3-c3ccccc32)SCCN1C(=O)O. The lowest BCUT2D eigenvalue weighted by atomic mass is 9.89. The summed E-state index contributed by atoms with van der Waals surface area (Å²) < 4.78 is 5.40. The molecule has 1 heterocycles. The predicted molar refractivity (Wildman–Crippen MR) is 169 cm³/mol. The Morgan fingerprint density at radius 3 is 2.28 bits per heavy atom. The third-order valence-corrected chi connectivity index (χ3v) is 9.20. The van der Waals surface area contributed by atoms with E-state index in [2.05, 4.69) is 29.6 Å². The summed E-state index contributed by atoms with van der Waals surface area (Å²) in [6.45, 7) is 5.48. The molecule has 8 nitrogen and oxygen atoms in total. The molecule has 2 N–H and O–H groups in total. The van der Waals surface area contributed by atoms with Crippen LogP contribution < -0.4 is 5.32 Å². The molecule has 0 aromatic heterocycles. The number of carbonyl (C=O) groups is 3. The fourth-order valence-corrected chi connectivity index (χ4v) is 7.50. The monoisotopic (exact) mass is 621 g/mol. The molecule has 1 fully saturated rings. The first-order chi connectivity index (χ1) is 20.5. The second-order valence-corrected chi connectivity index (χ2v) is 13.6. The second-order valence-electron chi connectivity index (χ2n) is 11.8. The van der Waals surface area contributed by atoms with Gasteiger partial charge in [0.05, 0.1) is 6.67 Å². The Labute approximate surface area is 261 Å². The number of hydrogen-bond donors (Lipinski definition) is 2. The number of nitrogens with one attached hydrogen (secondary N) is 1. The van der Waals surface area contributed by atoms with Crippen molar-refractivity contribution in [3.63, 3.8) is 0 Å². The minimum atomic E-state index is -1.14. The molecule has 2 aliphatic rings. The van der Waals surface area contributed by atoms with E-state index >= 15 is 0 Å². The maximum atomic E-state index is 14.5. The van der Waals surface area contributed by atoms with Crippen LogP contribution in [0.3, 0.4) is 0 Å². The minimum Gasteiger partial charge on any atom is -0.465 e. The van der Waals surface area contributed by atoms with Gasteiger partial charge in [0.15, 0.2) is 0 Å². The van der Waals surface area contributed by atoms with Crippen LogP contribution >= 0.6 is 23.4 Å². The number of ether oxygens (including phenoxy) is 1. The first kappa shape index (κ1) is 30.8. The van der Waals surface area contributed by atoms with Crippen LogP contribution in [0.15, 0.2) is 72.8 Å². The van der Waals surface area contributed by atoms with Crippen LogP contribution in [0.4, 0.5) is 9.59 Å². The number of thioether (sulfide) groups is 1. The summed E-state index contributed by atoms with van der Waals surface area (Å²) in [6.07, 6.45) is -1.22. The zero-order valence-electron chi connectivity index (χ0n) is 24.5. The number of rotatable bonds is 7. The van der Waals surface area contributed by atoms with Crippen molar-refractivity contribution in [3.05, 3.63) is 94.5 Å². The van der Waals surface area contributed by atoms with E-state index in [-0.39, 0.29) is 36.8 Å². The van der Waals surface area contributed by atoms with Crippen molar-refractivity contribution >= 4 is 41.5 Å². The van der Waals surface area contributed by atoms with Crippen molar-refractivity contribution in [1.29, 1.82) is 0 Å². The molecule has 0 bridgehead atoms. The van der Waals surface area contributed by atoms with Gasteiger partial charge in [-0.2, -0.15) is 11.8 Å². The van der Waals surface area contributed by atoms with E-state index in [0.717, 1.165) is 5.56 Å². The average Bonchev–Trinajstić information content (AvgIpc) is 3.27. The van der Waals surface area contributed by atoms with Gasteiger partial charge in [0, 0.05) is 35.0 Å². The molecule has 0 radical (unpaired) electrons. The average molecular weight is 622 g/mol. The Bertz CT molecular complexity index is 1460. The lowest BCUT2D eigenvalue weighted by molar-refractivity contribution is -0.137. The molecule has 3 amide bonds. The van der Waals surface area contributed by atoms with Crippen LogP contribution in [0.5, 0.6) is 0 Å². The van der Waals surface area contributed by atoms with E-state index < -0.39 is 23.8 Å². The highest BCUT2D eigenvalue weighted by atomic mass is 35.5. The van der Waals surface area contributed by atoms with Crippen molar-refractivity contribution in [2.24, 2.45) is 0 Å². The van der Waals surface area contributed by atoms with Crippen molar-refractivity contribution in [2.45, 2.75) is 56.5 Å². The third-order valence-electron chi connectivity index (χ3n) is 7.67. The largest absolute Gasteiger partial charge is 0.465 e. The van der Waals surface area contributed by atoms with Gasteiger partial charge in [-0.3, -0.25) is 9.69 Å². The van der Waals surface area contributed by atoms with E-state index in [1.165, 1.54) is 32.1 Å². The predicted octanol–water partition coefficient (Wildman–Crippen LogP) is 6.82. The van der Waals surface area contributed by atoms with Gasteiger partial charge in [-0.25, -0.2) is 9.59 Å². The fourth-order valence-electron chi connectivity index (χ4n) is 5.91. The maximum Gasteiger partial charge on any atom is 0.409 e. The number of nitrogens with zero attached hydrogens (tertiary/aromatic N) is 2. The molecule has 0 saturated carbocycles. The summed E-state index contributed by atoms with van der Waals surface area (Å²) in [5, 5.41) is 13.1. The number of carbonyl (C=O) groups excluding carboxylic acids is 2. The Kier molecular flexibility index (Phi) is 9.22. The standard InChI is InChI=1S/C33H36ClN3O5S/c1-33(2,3)42-31(39)35-20-36(19-21-9-8-10-22(34)17-21)30(38)29-28(43-16-15-37(29)32(40)41)18-27-25-13-6-4-11-23(25)24-12-5-7-14-26(24)27/h4-14,17,27-29H,15-16,18-20H2,1-3H3,(H,35,39)(H,40,41). The Balaban J connectivity index is 1.46. The Morgan fingerprint density at radius 1 is 1.02 bits per heavy atom. The normalized spacial score (nSPS) is 18.0. The van der Waals surface area contributed by atoms with Crippen LogP contribution in [0.1, 0.15) is 49.8 Å². The Morgan fingerprint density at radius 2 is 1.67 bits per heavy atom. The second kappa shape index (κ2) is 12.9. The molecule has 3 aromatic rings. The molecular formula is C33H36ClN3O5S. The number of amides is 3. The van der Waals surface area contributed by atoms with E-state index in [1.54, 1.807) is 50.7 Å². The summed E-state index contributed by atoms with van der Waals surface area (Å²) >= 11 is 7.87. The number of alkyl carbamates (subject to hydrolysis) is 1. The Hall–Kier alpha value is -3.69. The van der Waals surface area contributed by atoms with Gasteiger partial charge in [0.2, 0.25) is 5.91 Å². The highest BCUT2D eigenvalue weighted by Crippen LogP contribution is 2.48. The molecule has 226 valence electrons. The lowest BCUT2D eigenvalue weighted by Crippen LogP contribution is -2.59. The van der Waals surface area contributed by atoms with E-state index in [9.17, 15) is 19.5 Å². The molecule has 1 aliphatic heterocycles. The number of hydrogen-bond acceptors (Lipinski definition) is 5. The summed E-state index contributed by atoms with van der Waals surface area (Å²) in [5.41, 5.74) is 4.75. The summed E-state index contributed by atoms with van der Waals surface area (Å²) in [6, 6.07) is 22.7. The van der Waals surface area contributed by atoms with E-state index in [1.807, 2.05) is 30.3 Å².